The van der Waals surface area contributed by atoms with E-state index in [9.17, 15) is 9.59 Å². The van der Waals surface area contributed by atoms with Gasteiger partial charge in [0.15, 0.2) is 0 Å². The summed E-state index contributed by atoms with van der Waals surface area (Å²) in [7, 11) is 0. The fraction of sp³-hybridized carbons (Fsp3) is 0.231. The summed E-state index contributed by atoms with van der Waals surface area (Å²) >= 11 is 0. The molecule has 0 aliphatic rings. The number of hydrogen-bond donors (Lipinski definition) is 3. The maximum absolute atomic E-state index is 10.9. The Morgan fingerprint density at radius 1 is 1.17 bits per heavy atom. The van der Waals surface area contributed by atoms with E-state index < -0.39 is 23.9 Å². The molecule has 0 fully saturated rings. The Morgan fingerprint density at radius 2 is 1.78 bits per heavy atom. The molecule has 0 aliphatic carbocycles. The highest BCUT2D eigenvalue weighted by atomic mass is 16.4. The molecule has 0 saturated carbocycles. The summed E-state index contributed by atoms with van der Waals surface area (Å²) < 4.78 is 0. The third-order valence-corrected chi connectivity index (χ3v) is 2.54. The summed E-state index contributed by atoms with van der Waals surface area (Å²) in [5.74, 6) is -3.64. The summed E-state index contributed by atoms with van der Waals surface area (Å²) in [6.07, 6.45) is 3.44. The highest BCUT2D eigenvalue weighted by molar-refractivity contribution is 5.82. The van der Waals surface area contributed by atoms with E-state index in [2.05, 4.69) is 0 Å². The van der Waals surface area contributed by atoms with Gasteiger partial charge in [-0.2, -0.15) is 0 Å². The average molecular weight is 249 g/mol. The minimum absolute atomic E-state index is 0.0810. The van der Waals surface area contributed by atoms with E-state index in [0.717, 1.165) is 5.56 Å². The third-order valence-electron chi connectivity index (χ3n) is 2.54. The molecule has 18 heavy (non-hydrogen) atoms. The molecule has 0 aromatic heterocycles. The van der Waals surface area contributed by atoms with Crippen molar-refractivity contribution in [3.63, 3.8) is 0 Å². The van der Waals surface area contributed by atoms with Crippen molar-refractivity contribution in [1.29, 1.82) is 0 Å². The standard InChI is InChI=1S/C13H15NO4/c14-11(13(17)18)10(12(15)16)8-4-7-9-5-2-1-3-6-9/h1-7,10-11H,8,14H2,(H,15,16)(H,17,18)/b7-4+/t10-,11-/m0/s1. The number of aliphatic carboxylic acids is 2. The van der Waals surface area contributed by atoms with Crippen molar-refractivity contribution in [1.82, 2.24) is 0 Å². The first-order chi connectivity index (χ1) is 8.52. The first-order valence-corrected chi connectivity index (χ1v) is 5.45. The molecule has 1 aromatic rings. The molecular weight excluding hydrogens is 234 g/mol. The quantitative estimate of drug-likeness (QED) is 0.703. The summed E-state index contributed by atoms with van der Waals surface area (Å²) in [6, 6.07) is 7.92. The van der Waals surface area contributed by atoms with Crippen LogP contribution >= 0.6 is 0 Å². The van der Waals surface area contributed by atoms with Gasteiger partial charge in [-0.1, -0.05) is 42.5 Å². The van der Waals surface area contributed by atoms with Gasteiger partial charge in [-0.05, 0) is 12.0 Å². The minimum Gasteiger partial charge on any atom is -0.481 e. The van der Waals surface area contributed by atoms with Crippen LogP contribution in [0.5, 0.6) is 0 Å². The second-order valence-electron chi connectivity index (χ2n) is 3.86. The van der Waals surface area contributed by atoms with Crippen LogP contribution in [0.25, 0.3) is 6.08 Å². The Bertz CT molecular complexity index is 442. The summed E-state index contributed by atoms with van der Waals surface area (Å²) in [4.78, 5) is 21.6. The van der Waals surface area contributed by atoms with Crippen molar-refractivity contribution in [2.24, 2.45) is 11.7 Å². The maximum Gasteiger partial charge on any atom is 0.321 e. The number of carbonyl (C=O) groups is 2. The van der Waals surface area contributed by atoms with Gasteiger partial charge in [-0.3, -0.25) is 9.59 Å². The fourth-order valence-corrected chi connectivity index (χ4v) is 1.49. The number of benzene rings is 1. The largest absolute Gasteiger partial charge is 0.481 e. The topological polar surface area (TPSA) is 101 Å². The van der Waals surface area contributed by atoms with Crippen LogP contribution in [0.2, 0.25) is 0 Å². The molecule has 0 amide bonds. The Labute approximate surface area is 105 Å². The zero-order valence-electron chi connectivity index (χ0n) is 9.69. The van der Waals surface area contributed by atoms with E-state index in [0.29, 0.717) is 0 Å². The number of carboxylic acid groups (broad SMARTS) is 2. The predicted octanol–water partition coefficient (Wildman–Crippen LogP) is 1.20. The van der Waals surface area contributed by atoms with Gasteiger partial charge in [0, 0.05) is 0 Å². The monoisotopic (exact) mass is 249 g/mol. The fourth-order valence-electron chi connectivity index (χ4n) is 1.49. The summed E-state index contributed by atoms with van der Waals surface area (Å²) in [5, 5.41) is 17.6. The van der Waals surface area contributed by atoms with Crippen molar-refractivity contribution in [2.75, 3.05) is 0 Å². The van der Waals surface area contributed by atoms with E-state index in [1.165, 1.54) is 0 Å². The van der Waals surface area contributed by atoms with Gasteiger partial charge >= 0.3 is 11.9 Å². The molecular formula is C13H15NO4. The number of nitrogens with two attached hydrogens (primary N) is 1. The smallest absolute Gasteiger partial charge is 0.321 e. The van der Waals surface area contributed by atoms with Crippen molar-refractivity contribution >= 4 is 18.0 Å². The maximum atomic E-state index is 10.9. The molecule has 0 aliphatic heterocycles. The number of hydrogen-bond acceptors (Lipinski definition) is 3. The lowest BCUT2D eigenvalue weighted by Gasteiger charge is -2.14. The Hall–Kier alpha value is -2.14. The van der Waals surface area contributed by atoms with E-state index in [1.807, 2.05) is 30.3 Å². The van der Waals surface area contributed by atoms with Crippen molar-refractivity contribution in [3.8, 4) is 0 Å². The summed E-state index contributed by atoms with van der Waals surface area (Å²) in [5.41, 5.74) is 6.25. The second kappa shape index (κ2) is 6.56. The Morgan fingerprint density at radius 3 is 2.28 bits per heavy atom. The minimum atomic E-state index is -1.40. The van der Waals surface area contributed by atoms with Crippen LogP contribution in [0.4, 0.5) is 0 Å². The van der Waals surface area contributed by atoms with Crippen LogP contribution in [0.15, 0.2) is 36.4 Å². The highest BCUT2D eigenvalue weighted by Crippen LogP contribution is 2.11. The van der Waals surface area contributed by atoms with Gasteiger partial charge in [0.25, 0.3) is 0 Å². The van der Waals surface area contributed by atoms with Crippen LogP contribution in [0, 0.1) is 5.92 Å². The van der Waals surface area contributed by atoms with Crippen molar-refractivity contribution in [3.05, 3.63) is 42.0 Å². The lowest BCUT2D eigenvalue weighted by Crippen LogP contribution is -2.41. The van der Waals surface area contributed by atoms with Crippen molar-refractivity contribution < 1.29 is 19.8 Å². The Kier molecular flexibility index (Phi) is 5.07. The lowest BCUT2D eigenvalue weighted by molar-refractivity contribution is -0.149. The highest BCUT2D eigenvalue weighted by Gasteiger charge is 2.29. The van der Waals surface area contributed by atoms with Gasteiger partial charge in [-0.25, -0.2) is 0 Å². The molecule has 96 valence electrons. The molecule has 0 unspecified atom stereocenters. The normalized spacial score (nSPS) is 14.3. The van der Waals surface area contributed by atoms with E-state index in [1.54, 1.807) is 12.2 Å². The van der Waals surface area contributed by atoms with Crippen LogP contribution < -0.4 is 5.73 Å². The lowest BCUT2D eigenvalue weighted by atomic mass is 9.96. The zero-order valence-corrected chi connectivity index (χ0v) is 9.69. The number of rotatable bonds is 6. The van der Waals surface area contributed by atoms with Crippen LogP contribution in [-0.4, -0.2) is 28.2 Å². The number of allylic oxidation sites excluding steroid dienone is 1. The second-order valence-corrected chi connectivity index (χ2v) is 3.86. The first kappa shape index (κ1) is 13.9. The SMILES string of the molecule is N[C@H](C(=O)O)[C@H](C/C=C/c1ccccc1)C(=O)O. The molecule has 5 heteroatoms. The third kappa shape index (κ3) is 4.03. The molecule has 0 saturated heterocycles. The molecule has 2 atom stereocenters. The van der Waals surface area contributed by atoms with Gasteiger partial charge in [-0.15, -0.1) is 0 Å². The zero-order chi connectivity index (χ0) is 13.5. The number of carboxylic acids is 2. The Balaban J connectivity index is 2.66. The van der Waals surface area contributed by atoms with Gasteiger partial charge in [0.2, 0.25) is 0 Å². The van der Waals surface area contributed by atoms with Crippen molar-refractivity contribution in [2.45, 2.75) is 12.5 Å². The van der Waals surface area contributed by atoms with Gasteiger partial charge < -0.3 is 15.9 Å². The molecule has 0 radical (unpaired) electrons. The van der Waals surface area contributed by atoms with E-state index >= 15 is 0 Å². The van der Waals surface area contributed by atoms with Gasteiger partial charge in [0.05, 0.1) is 5.92 Å². The van der Waals surface area contributed by atoms with E-state index in [4.69, 9.17) is 15.9 Å². The molecule has 0 spiro atoms. The van der Waals surface area contributed by atoms with E-state index in [-0.39, 0.29) is 6.42 Å². The van der Waals surface area contributed by atoms with Gasteiger partial charge in [0.1, 0.15) is 6.04 Å². The molecule has 0 bridgehead atoms. The molecule has 0 heterocycles. The van der Waals surface area contributed by atoms with Crippen LogP contribution in [0.3, 0.4) is 0 Å². The predicted molar refractivity (Wildman–Crippen MR) is 66.8 cm³/mol. The molecule has 5 nitrogen and oxygen atoms in total. The first-order valence-electron chi connectivity index (χ1n) is 5.45. The summed E-state index contributed by atoms with van der Waals surface area (Å²) in [6.45, 7) is 0. The van der Waals surface area contributed by atoms with Crippen LogP contribution in [-0.2, 0) is 9.59 Å². The average Bonchev–Trinajstić information content (AvgIpc) is 2.34. The van der Waals surface area contributed by atoms with Crippen LogP contribution in [0.1, 0.15) is 12.0 Å². The molecule has 1 rings (SSSR count). The molecule has 1 aromatic carbocycles. The molecule has 4 N–H and O–H groups in total.